The van der Waals surface area contributed by atoms with Crippen LogP contribution in [0.25, 0.3) is 0 Å². The minimum atomic E-state index is -1.93. The van der Waals surface area contributed by atoms with E-state index in [1.807, 2.05) is 12.1 Å². The lowest BCUT2D eigenvalue weighted by atomic mass is 10.1. The molecule has 4 aromatic rings. The minimum Gasteiger partial charge on any atom is -0.481 e. The Hall–Kier alpha value is -3.22. The fourth-order valence-corrected chi connectivity index (χ4v) is 8.22. The van der Waals surface area contributed by atoms with Crippen LogP contribution in [0, 0.1) is 0 Å². The molecule has 0 unspecified atom stereocenters. The number of carboxylic acid groups (broad SMARTS) is 1. The van der Waals surface area contributed by atoms with Crippen LogP contribution in [0.1, 0.15) is 11.1 Å². The minimum absolute atomic E-state index is 0.0522. The Balaban J connectivity index is 1.88. The fourth-order valence-electron chi connectivity index (χ4n) is 3.98. The summed E-state index contributed by atoms with van der Waals surface area (Å²) in [6.07, 6.45) is 0.939. The number of hydrogen-bond acceptors (Lipinski definition) is 1. The second kappa shape index (κ2) is 9.07. The van der Waals surface area contributed by atoms with Gasteiger partial charge in [0.1, 0.15) is 23.2 Å². The van der Waals surface area contributed by atoms with Gasteiger partial charge in [0.25, 0.3) is 0 Å². The van der Waals surface area contributed by atoms with Gasteiger partial charge in [0, 0.05) is 0 Å². The van der Waals surface area contributed by atoms with E-state index < -0.39 is 13.2 Å². The Bertz CT molecular complexity index is 995. The number of hydrogen-bond donors (Lipinski definition) is 1. The van der Waals surface area contributed by atoms with Crippen molar-refractivity contribution in [1.29, 1.82) is 0 Å². The summed E-state index contributed by atoms with van der Waals surface area (Å²) >= 11 is 0. The smallest absolute Gasteiger partial charge is 0.307 e. The van der Waals surface area contributed by atoms with E-state index in [2.05, 4.69) is 103 Å². The van der Waals surface area contributed by atoms with E-state index in [1.54, 1.807) is 0 Å². The monoisotopic (exact) mass is 411 g/mol. The third-order valence-corrected chi connectivity index (χ3v) is 9.77. The van der Waals surface area contributed by atoms with Gasteiger partial charge in [-0.1, -0.05) is 78.9 Å². The molecule has 3 heteroatoms. The summed E-state index contributed by atoms with van der Waals surface area (Å²) < 4.78 is 0. The van der Waals surface area contributed by atoms with Crippen molar-refractivity contribution >= 4 is 29.1 Å². The lowest BCUT2D eigenvalue weighted by molar-refractivity contribution is -0.136. The van der Waals surface area contributed by atoms with Crippen LogP contribution in [0.4, 0.5) is 0 Å². The topological polar surface area (TPSA) is 37.3 Å². The Morgan fingerprint density at radius 3 is 1.30 bits per heavy atom. The maximum absolute atomic E-state index is 11.0. The number of carbonyl (C=O) groups is 1. The summed E-state index contributed by atoms with van der Waals surface area (Å²) in [5.74, 6) is -0.803. The summed E-state index contributed by atoms with van der Waals surface area (Å²) in [6, 6.07) is 40.4. The highest BCUT2D eigenvalue weighted by Crippen LogP contribution is 2.58. The Morgan fingerprint density at radius 1 is 0.567 bits per heavy atom. The van der Waals surface area contributed by atoms with Crippen LogP contribution in [0.15, 0.2) is 115 Å². The normalized spacial score (nSPS) is 11.2. The summed E-state index contributed by atoms with van der Waals surface area (Å²) in [5.41, 5.74) is 2.04. The lowest BCUT2D eigenvalue weighted by Crippen LogP contribution is -2.32. The Morgan fingerprint density at radius 2 is 0.933 bits per heavy atom. The first kappa shape index (κ1) is 20.1. The van der Waals surface area contributed by atoms with Crippen LogP contribution >= 0.6 is 7.26 Å². The highest BCUT2D eigenvalue weighted by atomic mass is 31.2. The first-order valence-electron chi connectivity index (χ1n) is 10.0. The van der Waals surface area contributed by atoms with Gasteiger partial charge in [0.05, 0.1) is 12.6 Å². The summed E-state index contributed by atoms with van der Waals surface area (Å²) in [4.78, 5) is 11.0. The van der Waals surface area contributed by atoms with Gasteiger partial charge >= 0.3 is 5.97 Å². The van der Waals surface area contributed by atoms with Crippen LogP contribution in [-0.2, 0) is 17.4 Å². The first-order valence-corrected chi connectivity index (χ1v) is 12.0. The van der Waals surface area contributed by atoms with E-state index in [4.69, 9.17) is 5.11 Å². The quantitative estimate of drug-likeness (QED) is 0.443. The molecular weight excluding hydrogens is 387 g/mol. The molecule has 0 saturated heterocycles. The van der Waals surface area contributed by atoms with Crippen LogP contribution in [0.3, 0.4) is 0 Å². The predicted molar refractivity (Wildman–Crippen MR) is 127 cm³/mol. The van der Waals surface area contributed by atoms with E-state index in [9.17, 15) is 4.79 Å². The highest BCUT2D eigenvalue weighted by molar-refractivity contribution is 7.95. The van der Waals surface area contributed by atoms with Gasteiger partial charge in [0.15, 0.2) is 0 Å². The molecule has 0 aliphatic rings. The maximum atomic E-state index is 11.0. The molecule has 0 atom stereocenters. The average molecular weight is 411 g/mol. The van der Waals surface area contributed by atoms with Crippen molar-refractivity contribution in [2.45, 2.75) is 12.6 Å². The number of benzene rings is 4. The second-order valence-corrected chi connectivity index (χ2v) is 10.8. The van der Waals surface area contributed by atoms with Crippen molar-refractivity contribution in [3.05, 3.63) is 126 Å². The van der Waals surface area contributed by atoms with Crippen molar-refractivity contribution in [3.63, 3.8) is 0 Å². The fraction of sp³-hybridized carbons (Fsp3) is 0.0741. The molecule has 0 spiro atoms. The molecule has 0 saturated carbocycles. The molecule has 0 heterocycles. The zero-order chi connectivity index (χ0) is 20.8. The van der Waals surface area contributed by atoms with Gasteiger partial charge in [-0.15, -0.1) is 0 Å². The summed E-state index contributed by atoms with van der Waals surface area (Å²) in [5, 5.41) is 13.1. The molecule has 148 valence electrons. The number of aliphatic carboxylic acids is 1. The van der Waals surface area contributed by atoms with Gasteiger partial charge in [-0.25, -0.2) is 0 Å². The molecule has 0 radical (unpaired) electrons. The molecule has 1 N–H and O–H groups in total. The van der Waals surface area contributed by atoms with Crippen molar-refractivity contribution in [3.8, 4) is 0 Å². The Labute approximate surface area is 178 Å². The largest absolute Gasteiger partial charge is 0.481 e. The Kier molecular flexibility index (Phi) is 6.07. The van der Waals surface area contributed by atoms with Gasteiger partial charge in [0.2, 0.25) is 0 Å². The zero-order valence-corrected chi connectivity index (χ0v) is 17.6. The molecule has 4 aromatic carbocycles. The third-order valence-electron chi connectivity index (χ3n) is 5.39. The van der Waals surface area contributed by atoms with Gasteiger partial charge in [-0.2, -0.15) is 0 Å². The van der Waals surface area contributed by atoms with Crippen LogP contribution in [0.2, 0.25) is 0 Å². The molecule has 0 aromatic heterocycles. The standard InChI is InChI=1S/C27H23O2P/c28-27(29)20-22-16-18-23(19-17-22)21-30(24-10-4-1-5-11-24,25-12-6-2-7-13-25)26-14-8-3-9-15-26/h1-19H,20-21H2/p+1. The van der Waals surface area contributed by atoms with Gasteiger partial charge < -0.3 is 5.11 Å². The molecule has 0 fully saturated rings. The molecular formula is C27H24O2P+. The van der Waals surface area contributed by atoms with E-state index >= 15 is 0 Å². The molecule has 0 amide bonds. The van der Waals surface area contributed by atoms with E-state index in [1.165, 1.54) is 21.5 Å². The second-order valence-electron chi connectivity index (χ2n) is 7.36. The van der Waals surface area contributed by atoms with E-state index in [-0.39, 0.29) is 6.42 Å². The number of rotatable bonds is 7. The lowest BCUT2D eigenvalue weighted by Gasteiger charge is -2.28. The summed E-state index contributed by atoms with van der Waals surface area (Å²) in [7, 11) is -1.93. The highest BCUT2D eigenvalue weighted by Gasteiger charge is 2.45. The molecule has 30 heavy (non-hydrogen) atoms. The van der Waals surface area contributed by atoms with Crippen molar-refractivity contribution in [2.24, 2.45) is 0 Å². The van der Waals surface area contributed by atoms with E-state index in [0.29, 0.717) is 0 Å². The van der Waals surface area contributed by atoms with Crippen molar-refractivity contribution in [2.75, 3.05) is 0 Å². The molecule has 4 rings (SSSR count). The van der Waals surface area contributed by atoms with Crippen LogP contribution in [-0.4, -0.2) is 11.1 Å². The van der Waals surface area contributed by atoms with Crippen LogP contribution < -0.4 is 15.9 Å². The molecule has 2 nitrogen and oxygen atoms in total. The molecule has 0 bridgehead atoms. The molecule has 0 aliphatic carbocycles. The molecule has 0 aliphatic heterocycles. The maximum Gasteiger partial charge on any atom is 0.307 e. The van der Waals surface area contributed by atoms with Gasteiger partial charge in [-0.3, -0.25) is 4.79 Å². The summed E-state index contributed by atoms with van der Waals surface area (Å²) in [6.45, 7) is 0. The SMILES string of the molecule is O=C(O)Cc1ccc(C[P+](c2ccccc2)(c2ccccc2)c2ccccc2)cc1. The number of carboxylic acids is 1. The van der Waals surface area contributed by atoms with Gasteiger partial charge in [-0.05, 0) is 47.5 Å². The van der Waals surface area contributed by atoms with Crippen LogP contribution in [0.5, 0.6) is 0 Å². The van der Waals surface area contributed by atoms with E-state index in [0.717, 1.165) is 11.7 Å². The average Bonchev–Trinajstić information content (AvgIpc) is 2.80. The first-order chi connectivity index (χ1) is 14.7. The third kappa shape index (κ3) is 4.20. The van der Waals surface area contributed by atoms with Crippen molar-refractivity contribution < 1.29 is 9.90 Å². The predicted octanol–water partition coefficient (Wildman–Crippen LogP) is 4.81. The van der Waals surface area contributed by atoms with Crippen molar-refractivity contribution in [1.82, 2.24) is 0 Å². The zero-order valence-electron chi connectivity index (χ0n) is 16.7.